The van der Waals surface area contributed by atoms with Gasteiger partial charge in [-0.3, -0.25) is 4.79 Å². The highest BCUT2D eigenvalue weighted by molar-refractivity contribution is 5.95. The Morgan fingerprint density at radius 1 is 0.725 bits per heavy atom. The molecule has 2 atom stereocenters. The molecule has 2 nitrogen and oxygen atoms in total. The van der Waals surface area contributed by atoms with Crippen molar-refractivity contribution in [2.24, 2.45) is 10.8 Å². The van der Waals surface area contributed by atoms with Crippen molar-refractivity contribution in [1.82, 2.24) is 0 Å². The zero-order valence-corrected chi connectivity index (χ0v) is 26.3. The molecule has 2 rings (SSSR count). The van der Waals surface area contributed by atoms with Gasteiger partial charge in [0.25, 0.3) is 0 Å². The van der Waals surface area contributed by atoms with E-state index in [4.69, 9.17) is 0 Å². The van der Waals surface area contributed by atoms with Gasteiger partial charge in [-0.25, -0.2) is 0 Å². The van der Waals surface area contributed by atoms with Crippen molar-refractivity contribution in [1.29, 1.82) is 0 Å². The first kappa shape index (κ1) is 33.2. The first-order valence-electron chi connectivity index (χ1n) is 14.9. The van der Waals surface area contributed by atoms with Crippen molar-refractivity contribution in [3.8, 4) is 0 Å². The van der Waals surface area contributed by atoms with Crippen LogP contribution < -0.4 is 0 Å². The summed E-state index contributed by atoms with van der Waals surface area (Å²) in [6.07, 6.45) is 34.9. The normalized spacial score (nSPS) is 25.7. The molecule has 0 bridgehead atoms. The predicted octanol–water partition coefficient (Wildman–Crippen LogP) is 10.2. The van der Waals surface area contributed by atoms with Gasteiger partial charge < -0.3 is 5.11 Å². The van der Waals surface area contributed by atoms with E-state index in [0.29, 0.717) is 6.42 Å². The van der Waals surface area contributed by atoms with Crippen LogP contribution in [0.25, 0.3) is 0 Å². The van der Waals surface area contributed by atoms with E-state index in [2.05, 4.69) is 88.5 Å². The molecular weight excluding hydrogens is 488 g/mol. The molecule has 0 radical (unpaired) electrons. The molecule has 0 aromatic carbocycles. The van der Waals surface area contributed by atoms with Crippen molar-refractivity contribution in [2.75, 3.05) is 0 Å². The number of carbonyl (C=O) groups excluding carboxylic acids is 1. The lowest BCUT2D eigenvalue weighted by Crippen LogP contribution is -2.41. The lowest BCUT2D eigenvalue weighted by molar-refractivity contribution is -0.130. The molecule has 0 saturated heterocycles. The summed E-state index contributed by atoms with van der Waals surface area (Å²) in [5.41, 5.74) is 6.73. The van der Waals surface area contributed by atoms with E-state index < -0.39 is 16.9 Å². The van der Waals surface area contributed by atoms with Gasteiger partial charge in [0.1, 0.15) is 0 Å². The van der Waals surface area contributed by atoms with Crippen LogP contribution in [-0.2, 0) is 4.79 Å². The smallest absolute Gasteiger partial charge is 0.162 e. The Bertz CT molecular complexity index is 1200. The van der Waals surface area contributed by atoms with Gasteiger partial charge in [-0.2, -0.15) is 0 Å². The van der Waals surface area contributed by atoms with Crippen molar-refractivity contribution >= 4 is 5.78 Å². The molecule has 1 fully saturated rings. The summed E-state index contributed by atoms with van der Waals surface area (Å²) >= 11 is 0. The molecule has 1 N–H and O–H groups in total. The molecule has 40 heavy (non-hydrogen) atoms. The summed E-state index contributed by atoms with van der Waals surface area (Å²) in [6, 6.07) is 0. The highest BCUT2D eigenvalue weighted by atomic mass is 16.3. The van der Waals surface area contributed by atoms with Crippen LogP contribution in [0.4, 0.5) is 0 Å². The SMILES string of the molecule is CC1=C(/C=C/C(C)=C/C=C/C(C)=C/C=C/C=C(C)/C=C/C=C(C)/C=C/C(=O)[C@]2(C)CCC(O)C2(C)C)CCCC1. The van der Waals surface area contributed by atoms with Gasteiger partial charge in [-0.15, -0.1) is 0 Å². The van der Waals surface area contributed by atoms with Gasteiger partial charge in [0.15, 0.2) is 5.78 Å². The molecule has 2 heteroatoms. The van der Waals surface area contributed by atoms with Crippen LogP contribution in [0.2, 0.25) is 0 Å². The molecule has 2 aliphatic carbocycles. The van der Waals surface area contributed by atoms with E-state index in [1.165, 1.54) is 42.4 Å². The van der Waals surface area contributed by atoms with Gasteiger partial charge in [-0.1, -0.05) is 128 Å². The Morgan fingerprint density at radius 3 is 1.75 bits per heavy atom. The van der Waals surface area contributed by atoms with E-state index in [1.807, 2.05) is 45.9 Å². The molecule has 0 amide bonds. The summed E-state index contributed by atoms with van der Waals surface area (Å²) in [5.74, 6) is 0.0933. The molecule has 0 heterocycles. The largest absolute Gasteiger partial charge is 0.393 e. The number of carbonyl (C=O) groups is 1. The third-order valence-electron chi connectivity index (χ3n) is 8.82. The molecule has 1 unspecified atom stereocenters. The van der Waals surface area contributed by atoms with E-state index >= 15 is 0 Å². The zero-order valence-electron chi connectivity index (χ0n) is 26.3. The van der Waals surface area contributed by atoms with Crippen molar-refractivity contribution in [2.45, 2.75) is 100 Å². The maximum absolute atomic E-state index is 12.9. The summed E-state index contributed by atoms with van der Waals surface area (Å²) in [4.78, 5) is 12.9. The average molecular weight is 541 g/mol. The van der Waals surface area contributed by atoms with E-state index in [-0.39, 0.29) is 5.78 Å². The fourth-order valence-corrected chi connectivity index (χ4v) is 5.19. The molecule has 0 aliphatic heterocycles. The third kappa shape index (κ3) is 9.89. The highest BCUT2D eigenvalue weighted by Crippen LogP contribution is 2.53. The predicted molar refractivity (Wildman–Crippen MR) is 174 cm³/mol. The number of allylic oxidation sites excluding steroid dienone is 20. The molecule has 0 spiro atoms. The zero-order chi connectivity index (χ0) is 29.8. The van der Waals surface area contributed by atoms with Crippen LogP contribution in [0.1, 0.15) is 93.9 Å². The lowest BCUT2D eigenvalue weighted by atomic mass is 9.66. The molecule has 1 saturated carbocycles. The topological polar surface area (TPSA) is 37.3 Å². The molecular formula is C38H52O2. The number of hydrogen-bond donors (Lipinski definition) is 1. The second-order valence-corrected chi connectivity index (χ2v) is 12.4. The minimum absolute atomic E-state index is 0.0933. The van der Waals surface area contributed by atoms with Crippen LogP contribution >= 0.6 is 0 Å². The summed E-state index contributed by atoms with van der Waals surface area (Å²) in [7, 11) is 0. The van der Waals surface area contributed by atoms with Gasteiger partial charge >= 0.3 is 0 Å². The Labute approximate surface area is 244 Å². The number of aliphatic hydroxyl groups excluding tert-OH is 1. The number of hydrogen-bond acceptors (Lipinski definition) is 2. The van der Waals surface area contributed by atoms with Crippen LogP contribution in [0.15, 0.2) is 119 Å². The first-order chi connectivity index (χ1) is 18.9. The van der Waals surface area contributed by atoms with Crippen molar-refractivity contribution in [3.05, 3.63) is 119 Å². The second-order valence-electron chi connectivity index (χ2n) is 12.4. The number of aliphatic hydroxyl groups is 1. The molecule has 0 aromatic heterocycles. The van der Waals surface area contributed by atoms with Gasteiger partial charge in [0.05, 0.1) is 6.10 Å². The molecule has 2 aliphatic rings. The lowest BCUT2D eigenvalue weighted by Gasteiger charge is -2.38. The minimum Gasteiger partial charge on any atom is -0.393 e. The first-order valence-corrected chi connectivity index (χ1v) is 14.9. The fraction of sp³-hybridized carbons (Fsp3) is 0.447. The molecule has 216 valence electrons. The van der Waals surface area contributed by atoms with Gasteiger partial charge in [0, 0.05) is 10.8 Å². The standard InChI is InChI=1S/C38H52O2/c1-29(17-13-19-31(3)23-25-34-22-12-11-21-33(34)5)15-9-10-16-30(2)18-14-20-32(4)24-26-36(40)38(8)28-27-35(39)37(38,6)7/h9-10,13-20,23-26,35,39H,11-12,21-22,27-28H2,1-8H3/b10-9+,17-13+,18-14+,25-23+,26-24+,29-15+,30-16+,31-19+,32-20+/t35?,38-/m0/s1. The summed E-state index contributed by atoms with van der Waals surface area (Å²) < 4.78 is 0. The van der Waals surface area contributed by atoms with Crippen molar-refractivity contribution in [3.63, 3.8) is 0 Å². The average Bonchev–Trinajstić information content (AvgIpc) is 3.12. The van der Waals surface area contributed by atoms with Crippen LogP contribution in [-0.4, -0.2) is 17.0 Å². The van der Waals surface area contributed by atoms with Gasteiger partial charge in [0.2, 0.25) is 0 Å². The maximum atomic E-state index is 12.9. The highest BCUT2D eigenvalue weighted by Gasteiger charge is 2.54. The Kier molecular flexibility index (Phi) is 13.1. The monoisotopic (exact) mass is 540 g/mol. The van der Waals surface area contributed by atoms with Crippen molar-refractivity contribution < 1.29 is 9.90 Å². The Balaban J connectivity index is 1.85. The summed E-state index contributed by atoms with van der Waals surface area (Å²) in [5, 5.41) is 10.3. The molecule has 0 aromatic rings. The Morgan fingerprint density at radius 2 is 1.23 bits per heavy atom. The minimum atomic E-state index is -0.522. The van der Waals surface area contributed by atoms with Gasteiger partial charge in [-0.05, 0) is 84.8 Å². The fourth-order valence-electron chi connectivity index (χ4n) is 5.19. The van der Waals surface area contributed by atoms with E-state index in [9.17, 15) is 9.90 Å². The number of rotatable bonds is 11. The quantitative estimate of drug-likeness (QED) is 0.209. The maximum Gasteiger partial charge on any atom is 0.162 e. The third-order valence-corrected chi connectivity index (χ3v) is 8.82. The van der Waals surface area contributed by atoms with Crippen LogP contribution in [0.3, 0.4) is 0 Å². The van der Waals surface area contributed by atoms with Crippen LogP contribution in [0, 0.1) is 10.8 Å². The number of ketones is 1. The summed E-state index contributed by atoms with van der Waals surface area (Å²) in [6.45, 7) is 16.6. The Hall–Kier alpha value is -2.97. The van der Waals surface area contributed by atoms with Crippen LogP contribution in [0.5, 0.6) is 0 Å². The second kappa shape index (κ2) is 15.7. The van der Waals surface area contributed by atoms with E-state index in [0.717, 1.165) is 17.6 Å². The van der Waals surface area contributed by atoms with E-state index in [1.54, 1.807) is 11.6 Å².